The zero-order valence-corrected chi connectivity index (χ0v) is 22.5. The molecule has 1 amide bonds. The van der Waals surface area contributed by atoms with Crippen molar-refractivity contribution in [2.75, 3.05) is 19.0 Å². The van der Waals surface area contributed by atoms with Crippen LogP contribution in [0.1, 0.15) is 31.0 Å². The summed E-state index contributed by atoms with van der Waals surface area (Å²) >= 11 is 1.23. The number of fused-ring (bicyclic) bond motifs is 1. The summed E-state index contributed by atoms with van der Waals surface area (Å²) in [4.78, 5) is 32.6. The Balaban J connectivity index is 1.65. The van der Waals surface area contributed by atoms with Gasteiger partial charge in [-0.25, -0.2) is 4.99 Å². The molecular weight excluding hydrogens is 514 g/mol. The number of anilines is 1. The van der Waals surface area contributed by atoms with Gasteiger partial charge >= 0.3 is 0 Å². The first-order valence-corrected chi connectivity index (χ1v) is 13.2. The quantitative estimate of drug-likeness (QED) is 0.369. The number of thiazole rings is 1. The summed E-state index contributed by atoms with van der Waals surface area (Å²) in [6.07, 6.45) is 1.70. The van der Waals surface area contributed by atoms with E-state index >= 15 is 0 Å². The molecule has 0 unspecified atom stereocenters. The maximum absolute atomic E-state index is 13.8. The molecule has 2 N–H and O–H groups in total. The van der Waals surface area contributed by atoms with Crippen LogP contribution in [0.4, 0.5) is 5.69 Å². The lowest BCUT2D eigenvalue weighted by Gasteiger charge is -2.25. The second kappa shape index (κ2) is 11.0. The smallest absolute Gasteiger partial charge is 0.271 e. The average Bonchev–Trinajstić information content (AvgIpc) is 3.23. The molecule has 5 rings (SSSR count). The predicted octanol–water partition coefficient (Wildman–Crippen LogP) is 3.99. The highest BCUT2D eigenvalue weighted by molar-refractivity contribution is 7.07. The number of allylic oxidation sites excluding steroid dienone is 1. The van der Waals surface area contributed by atoms with Gasteiger partial charge in [0.25, 0.3) is 11.5 Å². The van der Waals surface area contributed by atoms with Crippen LogP contribution in [0.2, 0.25) is 0 Å². The van der Waals surface area contributed by atoms with Gasteiger partial charge in [0.1, 0.15) is 5.75 Å². The highest BCUT2D eigenvalue weighted by Crippen LogP contribution is 2.32. The number of hydrogen-bond acceptors (Lipinski definition) is 7. The standard InChI is InChI=1S/C30H27N3O5S/c1-4-38-22-13-11-20(12-14-22)27-26(28(35)32-21-8-6-5-7-9-21)18(2)31-30-33(27)29(36)25(39-30)17-19-10-15-24(37-3)23(34)16-19/h5-17,27,34H,4H2,1-3H3,(H,32,35)/b25-17-/t27-/m1/s1. The zero-order chi connectivity index (χ0) is 27.5. The Kier molecular flexibility index (Phi) is 7.33. The molecule has 3 aromatic carbocycles. The number of nitrogens with zero attached hydrogens (tertiary/aromatic N) is 2. The fraction of sp³-hybridized carbons (Fsp3) is 0.167. The lowest BCUT2D eigenvalue weighted by Crippen LogP contribution is -2.40. The number of aromatic nitrogens is 1. The van der Waals surface area contributed by atoms with Gasteiger partial charge in [-0.2, -0.15) is 0 Å². The van der Waals surface area contributed by atoms with Crippen molar-refractivity contribution >= 4 is 29.0 Å². The minimum Gasteiger partial charge on any atom is -0.504 e. The minimum atomic E-state index is -0.702. The van der Waals surface area contributed by atoms with E-state index < -0.39 is 6.04 Å². The van der Waals surface area contributed by atoms with Gasteiger partial charge in [0.2, 0.25) is 0 Å². The van der Waals surface area contributed by atoms with E-state index in [1.807, 2.05) is 49.4 Å². The topological polar surface area (TPSA) is 102 Å². The number of ether oxygens (including phenoxy) is 2. The molecule has 39 heavy (non-hydrogen) atoms. The molecule has 0 bridgehead atoms. The maximum atomic E-state index is 13.8. The molecule has 0 spiro atoms. The van der Waals surface area contributed by atoms with E-state index in [4.69, 9.17) is 9.47 Å². The van der Waals surface area contributed by atoms with Crippen molar-refractivity contribution in [2.24, 2.45) is 4.99 Å². The monoisotopic (exact) mass is 541 g/mol. The van der Waals surface area contributed by atoms with Gasteiger partial charge in [-0.15, -0.1) is 0 Å². The first kappa shape index (κ1) is 26.0. The van der Waals surface area contributed by atoms with Crippen molar-refractivity contribution in [1.29, 1.82) is 0 Å². The third-order valence-electron chi connectivity index (χ3n) is 6.31. The largest absolute Gasteiger partial charge is 0.504 e. The molecule has 1 atom stereocenters. The molecule has 8 nitrogen and oxygen atoms in total. The van der Waals surface area contributed by atoms with Gasteiger partial charge in [-0.3, -0.25) is 14.2 Å². The first-order chi connectivity index (χ1) is 18.9. The van der Waals surface area contributed by atoms with Crippen molar-refractivity contribution in [3.05, 3.63) is 115 Å². The number of carbonyl (C=O) groups is 1. The fourth-order valence-corrected chi connectivity index (χ4v) is 5.55. The Bertz CT molecular complexity index is 1740. The second-order valence-corrected chi connectivity index (χ2v) is 9.84. The number of phenols is 1. The number of carbonyl (C=O) groups excluding carboxylic acids is 1. The van der Waals surface area contributed by atoms with Crippen LogP contribution in [0.15, 0.2) is 93.9 Å². The van der Waals surface area contributed by atoms with Crippen LogP contribution >= 0.6 is 11.3 Å². The number of nitrogens with one attached hydrogen (secondary N) is 1. The van der Waals surface area contributed by atoms with Crippen molar-refractivity contribution in [3.63, 3.8) is 0 Å². The van der Waals surface area contributed by atoms with Crippen molar-refractivity contribution in [3.8, 4) is 17.2 Å². The second-order valence-electron chi connectivity index (χ2n) is 8.84. The Morgan fingerprint density at radius 2 is 1.87 bits per heavy atom. The molecule has 0 radical (unpaired) electrons. The van der Waals surface area contributed by atoms with Gasteiger partial charge in [-0.05, 0) is 67.4 Å². The lowest BCUT2D eigenvalue weighted by atomic mass is 9.95. The van der Waals surface area contributed by atoms with Crippen LogP contribution in [-0.2, 0) is 4.79 Å². The van der Waals surface area contributed by atoms with E-state index in [0.717, 1.165) is 5.56 Å². The fourth-order valence-electron chi connectivity index (χ4n) is 4.51. The molecular formula is C30H27N3O5S. The summed E-state index contributed by atoms with van der Waals surface area (Å²) in [6.45, 7) is 4.21. The molecule has 4 aromatic rings. The molecule has 0 aliphatic carbocycles. The van der Waals surface area contributed by atoms with Crippen molar-refractivity contribution < 1.29 is 19.4 Å². The van der Waals surface area contributed by atoms with Crippen LogP contribution in [0.3, 0.4) is 0 Å². The summed E-state index contributed by atoms with van der Waals surface area (Å²) in [7, 11) is 1.47. The number of amides is 1. The van der Waals surface area contributed by atoms with Gasteiger partial charge in [0.05, 0.1) is 35.6 Å². The van der Waals surface area contributed by atoms with Crippen LogP contribution in [-0.4, -0.2) is 29.3 Å². The van der Waals surface area contributed by atoms with Gasteiger partial charge < -0.3 is 19.9 Å². The Hall–Kier alpha value is -4.63. The number of para-hydroxylation sites is 1. The van der Waals surface area contributed by atoms with Crippen LogP contribution in [0.25, 0.3) is 6.08 Å². The molecule has 1 aliphatic rings. The van der Waals surface area contributed by atoms with Gasteiger partial charge in [0.15, 0.2) is 16.3 Å². The highest BCUT2D eigenvalue weighted by Gasteiger charge is 2.32. The predicted molar refractivity (Wildman–Crippen MR) is 151 cm³/mol. The molecule has 1 aromatic heterocycles. The van der Waals surface area contributed by atoms with E-state index in [1.54, 1.807) is 41.8 Å². The summed E-state index contributed by atoms with van der Waals surface area (Å²) < 4.78 is 12.7. The lowest BCUT2D eigenvalue weighted by molar-refractivity contribution is -0.113. The molecule has 0 saturated heterocycles. The summed E-state index contributed by atoms with van der Waals surface area (Å²) in [5.41, 5.74) is 2.64. The van der Waals surface area contributed by atoms with Crippen LogP contribution in [0.5, 0.6) is 17.2 Å². The maximum Gasteiger partial charge on any atom is 0.271 e. The number of aromatic hydroxyl groups is 1. The number of benzene rings is 3. The number of hydrogen-bond donors (Lipinski definition) is 2. The van der Waals surface area contributed by atoms with Gasteiger partial charge in [0, 0.05) is 5.69 Å². The Labute approximate surface area is 228 Å². The van der Waals surface area contributed by atoms with E-state index in [1.165, 1.54) is 24.5 Å². The van der Waals surface area contributed by atoms with Crippen molar-refractivity contribution in [2.45, 2.75) is 19.9 Å². The first-order valence-electron chi connectivity index (χ1n) is 12.4. The number of phenolic OH excluding ortho intramolecular Hbond substituents is 1. The third-order valence-corrected chi connectivity index (χ3v) is 7.29. The third kappa shape index (κ3) is 5.21. The van der Waals surface area contributed by atoms with E-state index in [-0.39, 0.29) is 17.2 Å². The minimum absolute atomic E-state index is 0.0259. The number of methoxy groups -OCH3 is 1. The Morgan fingerprint density at radius 3 is 2.54 bits per heavy atom. The number of rotatable bonds is 7. The van der Waals surface area contributed by atoms with Gasteiger partial charge in [-0.1, -0.05) is 47.7 Å². The normalized spacial score (nSPS) is 14.9. The molecule has 198 valence electrons. The molecule has 2 heterocycles. The van der Waals surface area contributed by atoms with E-state index in [9.17, 15) is 14.7 Å². The molecule has 9 heteroatoms. The average molecular weight is 542 g/mol. The van der Waals surface area contributed by atoms with Crippen molar-refractivity contribution in [1.82, 2.24) is 4.57 Å². The molecule has 0 fully saturated rings. The Morgan fingerprint density at radius 1 is 1.13 bits per heavy atom. The summed E-state index contributed by atoms with van der Waals surface area (Å²) in [6, 6.07) is 20.8. The molecule has 1 aliphatic heterocycles. The highest BCUT2D eigenvalue weighted by atomic mass is 32.1. The summed E-state index contributed by atoms with van der Waals surface area (Å²) in [5, 5.41) is 13.1. The van der Waals surface area contributed by atoms with Crippen LogP contribution < -0.4 is 29.7 Å². The summed E-state index contributed by atoms with van der Waals surface area (Å²) in [5.74, 6) is 0.676. The molecule has 0 saturated carbocycles. The SMILES string of the molecule is CCOc1ccc([C@@H]2C(C(=O)Nc3ccccc3)=C(C)N=c3s/c(=C\c4ccc(OC)c(O)c4)c(=O)n32)cc1. The van der Waals surface area contributed by atoms with E-state index in [0.29, 0.717) is 50.0 Å². The van der Waals surface area contributed by atoms with Crippen LogP contribution in [0, 0.1) is 0 Å². The zero-order valence-electron chi connectivity index (χ0n) is 21.7. The van der Waals surface area contributed by atoms with E-state index in [2.05, 4.69) is 10.3 Å².